The highest BCUT2D eigenvalue weighted by atomic mass is 79.9. The lowest BCUT2D eigenvalue weighted by atomic mass is 10.2. The van der Waals surface area contributed by atoms with Crippen molar-refractivity contribution in [1.29, 1.82) is 0 Å². The van der Waals surface area contributed by atoms with Gasteiger partial charge in [-0.05, 0) is 19.1 Å². The zero-order valence-corrected chi connectivity index (χ0v) is 8.97. The van der Waals surface area contributed by atoms with Crippen LogP contribution < -0.4 is 5.32 Å². The van der Waals surface area contributed by atoms with E-state index in [1.165, 1.54) is 0 Å². The number of nitrogens with zero attached hydrogens (tertiary/aromatic N) is 1. The van der Waals surface area contributed by atoms with Crippen LogP contribution in [0.2, 0.25) is 0 Å². The first kappa shape index (κ1) is 10.2. The Balaban J connectivity index is 2.61. The lowest BCUT2D eigenvalue weighted by Gasteiger charge is -2.02. The van der Waals surface area contributed by atoms with Gasteiger partial charge in [-0.1, -0.05) is 15.9 Å². The molecule has 0 radical (unpaired) electrons. The van der Waals surface area contributed by atoms with E-state index in [1.54, 1.807) is 12.3 Å². The Morgan fingerprint density at radius 2 is 2.38 bits per heavy atom. The van der Waals surface area contributed by atoms with Crippen molar-refractivity contribution >= 4 is 21.8 Å². The van der Waals surface area contributed by atoms with Crippen molar-refractivity contribution in [3.8, 4) is 0 Å². The Morgan fingerprint density at radius 3 is 2.92 bits per heavy atom. The third-order valence-electron chi connectivity index (χ3n) is 1.55. The number of carbonyl (C=O) groups is 1. The highest BCUT2D eigenvalue weighted by molar-refractivity contribution is 9.09. The zero-order chi connectivity index (χ0) is 9.68. The first-order chi connectivity index (χ1) is 6.24. The molecule has 0 unspecified atom stereocenters. The second-order valence-corrected chi connectivity index (χ2v) is 3.43. The molecule has 0 saturated heterocycles. The molecule has 1 rings (SSSR count). The normalized spacial score (nSPS) is 9.69. The van der Waals surface area contributed by atoms with Gasteiger partial charge in [0.1, 0.15) is 0 Å². The van der Waals surface area contributed by atoms with Crippen LogP contribution in [0.25, 0.3) is 0 Å². The van der Waals surface area contributed by atoms with E-state index < -0.39 is 0 Å². The molecule has 0 saturated carbocycles. The summed E-state index contributed by atoms with van der Waals surface area (Å²) in [5.74, 6) is -0.0769. The van der Waals surface area contributed by atoms with Crippen LogP contribution in [0.3, 0.4) is 0 Å². The maximum Gasteiger partial charge on any atom is 0.252 e. The van der Waals surface area contributed by atoms with E-state index in [4.69, 9.17) is 0 Å². The number of nitrogens with one attached hydrogen (secondary N) is 1. The van der Waals surface area contributed by atoms with Gasteiger partial charge in [0, 0.05) is 23.8 Å². The number of halogens is 1. The van der Waals surface area contributed by atoms with E-state index in [0.717, 1.165) is 11.0 Å². The van der Waals surface area contributed by atoms with Crippen molar-refractivity contribution in [3.63, 3.8) is 0 Å². The van der Waals surface area contributed by atoms with E-state index in [-0.39, 0.29) is 5.91 Å². The zero-order valence-electron chi connectivity index (χ0n) is 7.38. The van der Waals surface area contributed by atoms with Crippen molar-refractivity contribution in [2.75, 3.05) is 11.9 Å². The second-order valence-electron chi connectivity index (χ2n) is 2.63. The summed E-state index contributed by atoms with van der Waals surface area (Å²) in [5.41, 5.74) is 1.52. The molecular formula is C9H11BrN2O. The van der Waals surface area contributed by atoms with Crippen LogP contribution in [0.15, 0.2) is 18.3 Å². The number of alkyl halides is 1. The molecule has 0 aliphatic rings. The van der Waals surface area contributed by atoms with Crippen LogP contribution in [0.4, 0.5) is 0 Å². The van der Waals surface area contributed by atoms with Gasteiger partial charge in [0.2, 0.25) is 0 Å². The fraction of sp³-hybridized carbons (Fsp3) is 0.333. The van der Waals surface area contributed by atoms with Crippen LogP contribution in [0, 0.1) is 6.92 Å². The molecule has 1 aromatic rings. The highest BCUT2D eigenvalue weighted by Gasteiger charge is 2.03. The molecule has 4 heteroatoms. The van der Waals surface area contributed by atoms with Gasteiger partial charge in [-0.3, -0.25) is 9.78 Å². The Hall–Kier alpha value is -0.900. The molecule has 70 valence electrons. The lowest BCUT2D eigenvalue weighted by Crippen LogP contribution is -2.25. The molecule has 0 atom stereocenters. The molecule has 0 spiro atoms. The summed E-state index contributed by atoms with van der Waals surface area (Å²) in [6.07, 6.45) is 1.58. The smallest absolute Gasteiger partial charge is 0.252 e. The number of carbonyl (C=O) groups excluding carboxylic acids is 1. The minimum atomic E-state index is -0.0769. The molecule has 0 bridgehead atoms. The summed E-state index contributed by atoms with van der Waals surface area (Å²) in [6, 6.07) is 3.59. The molecule has 0 aliphatic carbocycles. The lowest BCUT2D eigenvalue weighted by molar-refractivity contribution is 0.0956. The minimum Gasteiger partial charge on any atom is -0.351 e. The fourth-order valence-electron chi connectivity index (χ4n) is 0.865. The van der Waals surface area contributed by atoms with Crippen molar-refractivity contribution in [1.82, 2.24) is 10.3 Å². The summed E-state index contributed by atoms with van der Waals surface area (Å²) in [6.45, 7) is 2.52. The average Bonchev–Trinajstić information content (AvgIpc) is 2.15. The second kappa shape index (κ2) is 4.97. The number of aromatic nitrogens is 1. The van der Waals surface area contributed by atoms with Crippen LogP contribution in [0.1, 0.15) is 16.1 Å². The minimum absolute atomic E-state index is 0.0769. The summed E-state index contributed by atoms with van der Waals surface area (Å²) in [5, 5.41) is 3.50. The standard InChI is InChI=1S/C9H11BrN2O/c1-7-2-3-8(6-12-7)9(13)11-5-4-10/h2-3,6H,4-5H2,1H3,(H,11,13). The van der Waals surface area contributed by atoms with E-state index >= 15 is 0 Å². The van der Waals surface area contributed by atoms with Crippen molar-refractivity contribution in [2.45, 2.75) is 6.92 Å². The SMILES string of the molecule is Cc1ccc(C(=O)NCCBr)cn1. The highest BCUT2D eigenvalue weighted by Crippen LogP contribution is 1.98. The maximum atomic E-state index is 11.3. The van der Waals surface area contributed by atoms with Crippen molar-refractivity contribution < 1.29 is 4.79 Å². The number of hydrogen-bond acceptors (Lipinski definition) is 2. The molecule has 1 N–H and O–H groups in total. The third-order valence-corrected chi connectivity index (χ3v) is 1.95. The Kier molecular flexibility index (Phi) is 3.89. The van der Waals surface area contributed by atoms with Gasteiger partial charge in [0.15, 0.2) is 0 Å². The number of amides is 1. The van der Waals surface area contributed by atoms with E-state index in [1.807, 2.05) is 13.0 Å². The molecule has 1 heterocycles. The van der Waals surface area contributed by atoms with E-state index in [0.29, 0.717) is 12.1 Å². The van der Waals surface area contributed by atoms with Gasteiger partial charge in [-0.2, -0.15) is 0 Å². The molecule has 3 nitrogen and oxygen atoms in total. The first-order valence-electron chi connectivity index (χ1n) is 4.01. The Bertz CT molecular complexity index is 284. The summed E-state index contributed by atoms with van der Waals surface area (Å²) < 4.78 is 0. The molecule has 1 aromatic heterocycles. The first-order valence-corrected chi connectivity index (χ1v) is 5.13. The van der Waals surface area contributed by atoms with Crippen LogP contribution in [-0.2, 0) is 0 Å². The summed E-state index contributed by atoms with van der Waals surface area (Å²) in [4.78, 5) is 15.4. The Labute approximate surface area is 85.7 Å². The molecule has 13 heavy (non-hydrogen) atoms. The molecule has 1 amide bonds. The van der Waals surface area contributed by atoms with Gasteiger partial charge in [0.25, 0.3) is 5.91 Å². The Morgan fingerprint density at radius 1 is 1.62 bits per heavy atom. The quantitative estimate of drug-likeness (QED) is 0.817. The fourth-order valence-corrected chi connectivity index (χ4v) is 1.06. The van der Waals surface area contributed by atoms with Gasteiger partial charge in [-0.25, -0.2) is 0 Å². The average molecular weight is 243 g/mol. The molecule has 0 aromatic carbocycles. The predicted octanol–water partition coefficient (Wildman–Crippen LogP) is 1.51. The summed E-state index contributed by atoms with van der Waals surface area (Å²) in [7, 11) is 0. The molecule has 0 fully saturated rings. The number of pyridine rings is 1. The van der Waals surface area contributed by atoms with Crippen LogP contribution >= 0.6 is 15.9 Å². The topological polar surface area (TPSA) is 42.0 Å². The van der Waals surface area contributed by atoms with Crippen LogP contribution in [-0.4, -0.2) is 22.8 Å². The van der Waals surface area contributed by atoms with Crippen molar-refractivity contribution in [2.24, 2.45) is 0 Å². The number of rotatable bonds is 3. The van der Waals surface area contributed by atoms with Gasteiger partial charge in [0.05, 0.1) is 5.56 Å². The largest absolute Gasteiger partial charge is 0.351 e. The predicted molar refractivity (Wildman–Crippen MR) is 55.1 cm³/mol. The van der Waals surface area contributed by atoms with Gasteiger partial charge in [-0.15, -0.1) is 0 Å². The maximum absolute atomic E-state index is 11.3. The monoisotopic (exact) mass is 242 g/mol. The molecular weight excluding hydrogens is 232 g/mol. The third kappa shape index (κ3) is 3.14. The van der Waals surface area contributed by atoms with Gasteiger partial charge < -0.3 is 5.32 Å². The van der Waals surface area contributed by atoms with Crippen molar-refractivity contribution in [3.05, 3.63) is 29.6 Å². The molecule has 0 aliphatic heterocycles. The number of aryl methyl sites for hydroxylation is 1. The number of hydrogen-bond donors (Lipinski definition) is 1. The van der Waals surface area contributed by atoms with E-state index in [2.05, 4.69) is 26.2 Å². The van der Waals surface area contributed by atoms with Gasteiger partial charge >= 0.3 is 0 Å². The van der Waals surface area contributed by atoms with Crippen LogP contribution in [0.5, 0.6) is 0 Å². The van der Waals surface area contributed by atoms with E-state index in [9.17, 15) is 4.79 Å². The summed E-state index contributed by atoms with van der Waals surface area (Å²) >= 11 is 3.23.